The lowest BCUT2D eigenvalue weighted by atomic mass is 10.2. The summed E-state index contributed by atoms with van der Waals surface area (Å²) in [4.78, 5) is 16.9. The second kappa shape index (κ2) is 8.26. The van der Waals surface area contributed by atoms with Gasteiger partial charge in [0.2, 0.25) is 10.0 Å². The first kappa shape index (κ1) is 20.3. The monoisotopic (exact) mass is 427 g/mol. The molecule has 1 aliphatic heterocycles. The molecular formula is C18H22ClN3O3S2. The first-order chi connectivity index (χ1) is 12.8. The first-order valence-electron chi connectivity index (χ1n) is 8.85. The van der Waals surface area contributed by atoms with Crippen LogP contribution in [0.2, 0.25) is 5.02 Å². The van der Waals surface area contributed by atoms with E-state index in [0.717, 1.165) is 25.0 Å². The van der Waals surface area contributed by atoms with Gasteiger partial charge in [-0.05, 0) is 37.0 Å². The van der Waals surface area contributed by atoms with Gasteiger partial charge in [-0.15, -0.1) is 11.3 Å². The van der Waals surface area contributed by atoms with Crippen LogP contribution < -0.4 is 5.32 Å². The molecule has 2 heterocycles. The quantitative estimate of drug-likeness (QED) is 0.769. The number of sulfonamides is 1. The smallest absolute Gasteiger partial charge is 0.257 e. The number of nitrogens with zero attached hydrogens (tertiary/aromatic N) is 2. The van der Waals surface area contributed by atoms with Crippen LogP contribution in [0.4, 0.5) is 5.13 Å². The van der Waals surface area contributed by atoms with Gasteiger partial charge in [-0.2, -0.15) is 4.31 Å². The normalized spacial score (nSPS) is 15.9. The van der Waals surface area contributed by atoms with E-state index < -0.39 is 15.9 Å². The molecule has 0 radical (unpaired) electrons. The molecule has 1 fully saturated rings. The van der Waals surface area contributed by atoms with E-state index in [9.17, 15) is 13.2 Å². The van der Waals surface area contributed by atoms with Gasteiger partial charge in [0, 0.05) is 24.0 Å². The number of hydrogen-bond acceptors (Lipinski definition) is 5. The van der Waals surface area contributed by atoms with E-state index in [0.29, 0.717) is 18.2 Å². The van der Waals surface area contributed by atoms with E-state index in [4.69, 9.17) is 11.6 Å². The molecule has 1 aromatic heterocycles. The van der Waals surface area contributed by atoms with Crippen molar-refractivity contribution in [2.45, 2.75) is 43.9 Å². The van der Waals surface area contributed by atoms with Crippen LogP contribution in [0.15, 0.2) is 28.5 Å². The zero-order valence-electron chi connectivity index (χ0n) is 15.2. The van der Waals surface area contributed by atoms with Gasteiger partial charge in [0.05, 0.1) is 10.7 Å². The molecule has 1 amide bonds. The number of nitrogens with one attached hydrogen (secondary N) is 1. The molecule has 1 aromatic carbocycles. The number of amides is 1. The topological polar surface area (TPSA) is 79.4 Å². The molecule has 3 rings (SSSR count). The summed E-state index contributed by atoms with van der Waals surface area (Å²) in [5, 5.41) is 5.23. The van der Waals surface area contributed by atoms with Crippen molar-refractivity contribution in [1.82, 2.24) is 9.29 Å². The molecule has 1 N–H and O–H groups in total. The van der Waals surface area contributed by atoms with Gasteiger partial charge in [-0.3, -0.25) is 10.1 Å². The van der Waals surface area contributed by atoms with Gasteiger partial charge in [-0.25, -0.2) is 13.4 Å². The summed E-state index contributed by atoms with van der Waals surface area (Å²) in [6.07, 6.45) is 2.69. The van der Waals surface area contributed by atoms with Crippen LogP contribution in [0.3, 0.4) is 0 Å². The van der Waals surface area contributed by atoms with Crippen LogP contribution in [0.5, 0.6) is 0 Å². The van der Waals surface area contributed by atoms with Gasteiger partial charge in [0.15, 0.2) is 5.13 Å². The van der Waals surface area contributed by atoms with E-state index in [1.807, 2.05) is 19.2 Å². The number of anilines is 1. The van der Waals surface area contributed by atoms with Crippen LogP contribution in [-0.2, 0) is 10.0 Å². The molecule has 6 nitrogen and oxygen atoms in total. The number of thiazole rings is 1. The SMILES string of the molecule is CC(C)c1csc(NC(=O)c2ccc(Cl)c(S(=O)(=O)N3CCCCC3)c2)n1. The molecular weight excluding hydrogens is 406 g/mol. The first-order valence-corrected chi connectivity index (χ1v) is 11.6. The van der Waals surface area contributed by atoms with Gasteiger partial charge in [0.25, 0.3) is 5.91 Å². The lowest BCUT2D eigenvalue weighted by Gasteiger charge is -2.26. The van der Waals surface area contributed by atoms with Crippen LogP contribution in [0.1, 0.15) is 55.1 Å². The Kier molecular flexibility index (Phi) is 6.20. The second-order valence-corrected chi connectivity index (χ2v) is 9.97. The van der Waals surface area contributed by atoms with Crippen molar-refractivity contribution >= 4 is 44.0 Å². The Morgan fingerprint density at radius 3 is 2.59 bits per heavy atom. The Morgan fingerprint density at radius 2 is 1.96 bits per heavy atom. The Labute approximate surface area is 168 Å². The fourth-order valence-electron chi connectivity index (χ4n) is 2.86. The highest BCUT2D eigenvalue weighted by atomic mass is 35.5. The molecule has 146 valence electrons. The zero-order valence-corrected chi connectivity index (χ0v) is 17.6. The van der Waals surface area contributed by atoms with Crippen molar-refractivity contribution < 1.29 is 13.2 Å². The van der Waals surface area contributed by atoms with Gasteiger partial charge in [0.1, 0.15) is 4.90 Å². The average molecular weight is 428 g/mol. The van der Waals surface area contributed by atoms with E-state index in [-0.39, 0.29) is 21.4 Å². The van der Waals surface area contributed by atoms with Crippen LogP contribution in [-0.4, -0.2) is 36.7 Å². The highest BCUT2D eigenvalue weighted by molar-refractivity contribution is 7.89. The maximum atomic E-state index is 12.9. The fraction of sp³-hybridized carbons (Fsp3) is 0.444. The summed E-state index contributed by atoms with van der Waals surface area (Å²) in [7, 11) is -3.72. The molecule has 0 bridgehead atoms. The van der Waals surface area contributed by atoms with Crippen molar-refractivity contribution in [1.29, 1.82) is 0 Å². The number of carbonyl (C=O) groups excluding carboxylic acids is 1. The Hall–Kier alpha value is -1.48. The van der Waals surface area contributed by atoms with Gasteiger partial charge in [-0.1, -0.05) is 31.9 Å². The van der Waals surface area contributed by atoms with E-state index in [1.165, 1.54) is 33.8 Å². The summed E-state index contributed by atoms with van der Waals surface area (Å²) in [5.41, 5.74) is 1.14. The molecule has 0 spiro atoms. The number of piperidine rings is 1. The highest BCUT2D eigenvalue weighted by Gasteiger charge is 2.28. The molecule has 2 aromatic rings. The van der Waals surface area contributed by atoms with Crippen LogP contribution in [0, 0.1) is 0 Å². The maximum absolute atomic E-state index is 12.9. The zero-order chi connectivity index (χ0) is 19.6. The largest absolute Gasteiger partial charge is 0.298 e. The van der Waals surface area contributed by atoms with Crippen molar-refractivity contribution in [2.75, 3.05) is 18.4 Å². The third-order valence-corrected chi connectivity index (χ3v) is 7.62. The standard InChI is InChI=1S/C18H22ClN3O3S2/c1-12(2)15-11-26-18(20-15)21-17(23)13-6-7-14(19)16(10-13)27(24,25)22-8-4-3-5-9-22/h6-7,10-12H,3-5,8-9H2,1-2H3,(H,20,21,23). The lowest BCUT2D eigenvalue weighted by molar-refractivity contribution is 0.102. The number of hydrogen-bond donors (Lipinski definition) is 1. The van der Waals surface area contributed by atoms with Crippen molar-refractivity contribution in [3.05, 3.63) is 39.9 Å². The maximum Gasteiger partial charge on any atom is 0.257 e. The number of rotatable bonds is 5. The van der Waals surface area contributed by atoms with E-state index in [2.05, 4.69) is 10.3 Å². The van der Waals surface area contributed by atoms with E-state index in [1.54, 1.807) is 0 Å². The molecule has 0 saturated carbocycles. The summed E-state index contributed by atoms with van der Waals surface area (Å²) in [5.74, 6) is -0.143. The highest BCUT2D eigenvalue weighted by Crippen LogP contribution is 2.28. The number of carbonyl (C=O) groups is 1. The van der Waals surface area contributed by atoms with Crippen molar-refractivity contribution in [3.63, 3.8) is 0 Å². The Balaban J connectivity index is 1.84. The molecule has 1 saturated heterocycles. The minimum atomic E-state index is -3.72. The third kappa shape index (κ3) is 4.51. The summed E-state index contributed by atoms with van der Waals surface area (Å²) in [6, 6.07) is 4.32. The third-order valence-electron chi connectivity index (χ3n) is 4.46. The molecule has 9 heteroatoms. The predicted octanol–water partition coefficient (Wildman–Crippen LogP) is 4.35. The molecule has 0 aliphatic carbocycles. The molecule has 0 unspecified atom stereocenters. The van der Waals surface area contributed by atoms with Crippen LogP contribution >= 0.6 is 22.9 Å². The predicted molar refractivity (Wildman–Crippen MR) is 108 cm³/mol. The van der Waals surface area contributed by atoms with Crippen LogP contribution in [0.25, 0.3) is 0 Å². The number of halogens is 1. The fourth-order valence-corrected chi connectivity index (χ4v) is 5.75. The molecule has 0 atom stereocenters. The van der Waals surface area contributed by atoms with E-state index >= 15 is 0 Å². The number of benzene rings is 1. The molecule has 1 aliphatic rings. The van der Waals surface area contributed by atoms with Crippen molar-refractivity contribution in [3.8, 4) is 0 Å². The lowest BCUT2D eigenvalue weighted by Crippen LogP contribution is -2.35. The van der Waals surface area contributed by atoms with Gasteiger partial charge >= 0.3 is 0 Å². The second-order valence-electron chi connectivity index (χ2n) is 6.80. The minimum absolute atomic E-state index is 0.0271. The average Bonchev–Trinajstić information content (AvgIpc) is 3.11. The summed E-state index contributed by atoms with van der Waals surface area (Å²) >= 11 is 7.50. The summed E-state index contributed by atoms with van der Waals surface area (Å²) in [6.45, 7) is 5.01. The number of aromatic nitrogens is 1. The van der Waals surface area contributed by atoms with Crippen molar-refractivity contribution in [2.24, 2.45) is 0 Å². The Bertz CT molecular complexity index is 935. The molecule has 27 heavy (non-hydrogen) atoms. The minimum Gasteiger partial charge on any atom is -0.298 e. The summed E-state index contributed by atoms with van der Waals surface area (Å²) < 4.78 is 27.3. The Morgan fingerprint density at radius 1 is 1.26 bits per heavy atom. The van der Waals surface area contributed by atoms with Gasteiger partial charge < -0.3 is 0 Å².